The Morgan fingerprint density at radius 1 is 1.36 bits per heavy atom. The molecule has 1 saturated heterocycles. The quantitative estimate of drug-likeness (QED) is 0.727. The number of hydrogen-bond donors (Lipinski definition) is 2. The molecule has 1 aromatic rings. The van der Waals surface area contributed by atoms with E-state index in [1.54, 1.807) is 9.80 Å². The van der Waals surface area contributed by atoms with Crippen LogP contribution >= 0.6 is 0 Å². The number of carbonyl (C=O) groups is 3. The molecule has 25 heavy (non-hydrogen) atoms. The zero-order valence-corrected chi connectivity index (χ0v) is 14.4. The number of nitrogens with zero attached hydrogens (tertiary/aromatic N) is 2. The van der Waals surface area contributed by atoms with Gasteiger partial charge in [-0.3, -0.25) is 19.8 Å². The monoisotopic (exact) mass is 344 g/mol. The second-order valence-corrected chi connectivity index (χ2v) is 5.74. The second-order valence-electron chi connectivity index (χ2n) is 5.74. The Kier molecular flexibility index (Phi) is 6.71. The largest absolute Gasteiger partial charge is 0.334 e. The molecule has 0 bridgehead atoms. The lowest BCUT2D eigenvalue weighted by Crippen LogP contribution is -2.49. The van der Waals surface area contributed by atoms with Gasteiger partial charge >= 0.3 is 6.03 Å². The standard InChI is InChI=1S/C18H24N4O3/c1-3-11-19-18(25)20-16(23)13-21(4-2)15-10-12-22(17(15)24)14-8-6-5-7-9-14/h3,5-9,15H,1,4,10-13H2,2H3,(H2,19,20,23,25). The van der Waals surface area contributed by atoms with Crippen molar-refractivity contribution in [1.29, 1.82) is 0 Å². The number of rotatable bonds is 7. The number of benzene rings is 1. The zero-order chi connectivity index (χ0) is 18.2. The molecule has 1 unspecified atom stereocenters. The van der Waals surface area contributed by atoms with Crippen LogP contribution in [0.4, 0.5) is 10.5 Å². The molecule has 1 atom stereocenters. The van der Waals surface area contributed by atoms with Gasteiger partial charge in [-0.05, 0) is 25.1 Å². The van der Waals surface area contributed by atoms with Crippen LogP contribution in [-0.2, 0) is 9.59 Å². The highest BCUT2D eigenvalue weighted by molar-refractivity contribution is 6.00. The Balaban J connectivity index is 1.94. The normalized spacial score (nSPS) is 16.8. The lowest BCUT2D eigenvalue weighted by Gasteiger charge is -2.26. The third-order valence-corrected chi connectivity index (χ3v) is 4.10. The van der Waals surface area contributed by atoms with Crippen molar-refractivity contribution in [2.24, 2.45) is 0 Å². The summed E-state index contributed by atoms with van der Waals surface area (Å²) in [6.07, 6.45) is 2.18. The van der Waals surface area contributed by atoms with Gasteiger partial charge in [0.2, 0.25) is 11.8 Å². The van der Waals surface area contributed by atoms with Gasteiger partial charge in [0.25, 0.3) is 0 Å². The Labute approximate surface area is 147 Å². The van der Waals surface area contributed by atoms with E-state index in [1.165, 1.54) is 6.08 Å². The van der Waals surface area contributed by atoms with Crippen LogP contribution < -0.4 is 15.5 Å². The molecule has 0 saturated carbocycles. The maximum absolute atomic E-state index is 12.7. The number of amides is 4. The molecule has 7 heteroatoms. The minimum atomic E-state index is -0.565. The highest BCUT2D eigenvalue weighted by Gasteiger charge is 2.36. The Bertz CT molecular complexity index is 632. The minimum absolute atomic E-state index is 0.00293. The first kappa shape index (κ1) is 18.7. The fourth-order valence-electron chi connectivity index (χ4n) is 2.87. The number of anilines is 1. The summed E-state index contributed by atoms with van der Waals surface area (Å²) in [7, 11) is 0. The Hall–Kier alpha value is -2.67. The number of para-hydroxylation sites is 1. The number of urea groups is 1. The summed E-state index contributed by atoms with van der Waals surface area (Å²) >= 11 is 0. The van der Waals surface area contributed by atoms with Crippen LogP contribution in [0.5, 0.6) is 0 Å². The summed E-state index contributed by atoms with van der Waals surface area (Å²) in [5.74, 6) is -0.452. The topological polar surface area (TPSA) is 81.8 Å². The van der Waals surface area contributed by atoms with E-state index in [2.05, 4.69) is 17.2 Å². The highest BCUT2D eigenvalue weighted by atomic mass is 16.2. The van der Waals surface area contributed by atoms with Crippen LogP contribution in [0.3, 0.4) is 0 Å². The van der Waals surface area contributed by atoms with Crippen LogP contribution in [0.15, 0.2) is 43.0 Å². The van der Waals surface area contributed by atoms with Crippen molar-refractivity contribution in [3.8, 4) is 0 Å². The molecule has 4 amide bonds. The van der Waals surface area contributed by atoms with Gasteiger partial charge in [0.15, 0.2) is 0 Å². The van der Waals surface area contributed by atoms with Gasteiger partial charge in [-0.15, -0.1) is 6.58 Å². The van der Waals surface area contributed by atoms with E-state index < -0.39 is 11.9 Å². The van der Waals surface area contributed by atoms with Gasteiger partial charge in [-0.25, -0.2) is 4.79 Å². The van der Waals surface area contributed by atoms with Crippen molar-refractivity contribution in [3.63, 3.8) is 0 Å². The summed E-state index contributed by atoms with van der Waals surface area (Å²) in [4.78, 5) is 39.8. The second kappa shape index (κ2) is 8.98. The maximum atomic E-state index is 12.7. The summed E-state index contributed by atoms with van der Waals surface area (Å²) in [5, 5.41) is 4.74. The van der Waals surface area contributed by atoms with Gasteiger partial charge in [0.05, 0.1) is 12.6 Å². The molecule has 0 aliphatic carbocycles. The summed E-state index contributed by atoms with van der Waals surface area (Å²) in [5.41, 5.74) is 0.860. The van der Waals surface area contributed by atoms with Gasteiger partial charge in [0, 0.05) is 18.8 Å². The number of nitrogens with one attached hydrogen (secondary N) is 2. The summed E-state index contributed by atoms with van der Waals surface area (Å²) < 4.78 is 0. The van der Waals surface area contributed by atoms with E-state index in [9.17, 15) is 14.4 Å². The molecule has 0 radical (unpaired) electrons. The van der Waals surface area contributed by atoms with E-state index in [0.29, 0.717) is 19.5 Å². The van der Waals surface area contributed by atoms with Gasteiger partial charge in [-0.1, -0.05) is 31.2 Å². The highest BCUT2D eigenvalue weighted by Crippen LogP contribution is 2.23. The predicted octanol–water partition coefficient (Wildman–Crippen LogP) is 1.13. The zero-order valence-electron chi connectivity index (χ0n) is 14.4. The molecule has 1 heterocycles. The molecule has 1 aromatic carbocycles. The van der Waals surface area contributed by atoms with Gasteiger partial charge < -0.3 is 10.2 Å². The van der Waals surface area contributed by atoms with Crippen molar-refractivity contribution in [2.45, 2.75) is 19.4 Å². The van der Waals surface area contributed by atoms with Crippen LogP contribution in [0.1, 0.15) is 13.3 Å². The fraction of sp³-hybridized carbons (Fsp3) is 0.389. The minimum Gasteiger partial charge on any atom is -0.334 e. The van der Waals surface area contributed by atoms with E-state index in [0.717, 1.165) is 5.69 Å². The lowest BCUT2D eigenvalue weighted by atomic mass is 10.2. The molecule has 2 rings (SSSR count). The average molecular weight is 344 g/mol. The molecular weight excluding hydrogens is 320 g/mol. The molecule has 1 aliphatic heterocycles. The lowest BCUT2D eigenvalue weighted by molar-refractivity contribution is -0.125. The van der Waals surface area contributed by atoms with Gasteiger partial charge in [0.1, 0.15) is 0 Å². The van der Waals surface area contributed by atoms with Crippen molar-refractivity contribution < 1.29 is 14.4 Å². The first-order chi connectivity index (χ1) is 12.1. The van der Waals surface area contributed by atoms with E-state index in [-0.39, 0.29) is 25.0 Å². The number of carbonyl (C=O) groups excluding carboxylic acids is 3. The molecule has 7 nitrogen and oxygen atoms in total. The first-order valence-electron chi connectivity index (χ1n) is 8.35. The average Bonchev–Trinajstić information content (AvgIpc) is 3.00. The number of hydrogen-bond acceptors (Lipinski definition) is 4. The van der Waals surface area contributed by atoms with Crippen molar-refractivity contribution in [2.75, 3.05) is 31.1 Å². The first-order valence-corrected chi connectivity index (χ1v) is 8.35. The van der Waals surface area contributed by atoms with Crippen molar-refractivity contribution in [3.05, 3.63) is 43.0 Å². The summed E-state index contributed by atoms with van der Waals surface area (Å²) in [6, 6.07) is 8.56. The Morgan fingerprint density at radius 2 is 2.08 bits per heavy atom. The van der Waals surface area contributed by atoms with E-state index in [4.69, 9.17) is 0 Å². The molecule has 2 N–H and O–H groups in total. The SMILES string of the molecule is C=CCNC(=O)NC(=O)CN(CC)C1CCN(c2ccccc2)C1=O. The van der Waals surface area contributed by atoms with Crippen molar-refractivity contribution in [1.82, 2.24) is 15.5 Å². The third-order valence-electron chi connectivity index (χ3n) is 4.10. The van der Waals surface area contributed by atoms with Crippen LogP contribution in [0.2, 0.25) is 0 Å². The van der Waals surface area contributed by atoms with Crippen LogP contribution in [-0.4, -0.2) is 55.0 Å². The summed E-state index contributed by atoms with van der Waals surface area (Å²) in [6.45, 7) is 6.82. The van der Waals surface area contributed by atoms with Crippen LogP contribution in [0, 0.1) is 0 Å². The molecule has 1 fully saturated rings. The number of likely N-dealkylation sites (N-methyl/N-ethyl adjacent to an activating group) is 1. The molecule has 134 valence electrons. The molecule has 0 spiro atoms. The van der Waals surface area contributed by atoms with Gasteiger partial charge in [-0.2, -0.15) is 0 Å². The smallest absolute Gasteiger partial charge is 0.321 e. The molecular formula is C18H24N4O3. The van der Waals surface area contributed by atoms with Crippen molar-refractivity contribution >= 4 is 23.5 Å². The Morgan fingerprint density at radius 3 is 2.72 bits per heavy atom. The number of imide groups is 1. The molecule has 1 aliphatic rings. The third kappa shape index (κ3) is 4.90. The maximum Gasteiger partial charge on any atom is 0.321 e. The van der Waals surface area contributed by atoms with Crippen LogP contribution in [0.25, 0.3) is 0 Å². The fourth-order valence-corrected chi connectivity index (χ4v) is 2.87. The van der Waals surface area contributed by atoms with E-state index >= 15 is 0 Å². The predicted molar refractivity (Wildman–Crippen MR) is 96.2 cm³/mol. The molecule has 0 aromatic heterocycles. The van der Waals surface area contributed by atoms with E-state index in [1.807, 2.05) is 37.3 Å².